The number of hydrogen-bond donors (Lipinski definition) is 1. The van der Waals surface area contributed by atoms with Gasteiger partial charge in [0, 0.05) is 19.3 Å². The average molecular weight is 352 g/mol. The van der Waals surface area contributed by atoms with Crippen LogP contribution in [0.3, 0.4) is 0 Å². The predicted molar refractivity (Wildman–Crippen MR) is 100 cm³/mol. The molecule has 1 aromatic heterocycles. The lowest BCUT2D eigenvalue weighted by atomic mass is 9.92. The maximum Gasteiger partial charge on any atom is 0.412 e. The molecule has 1 N–H and O–H groups in total. The minimum absolute atomic E-state index is 0.147. The van der Waals surface area contributed by atoms with E-state index in [9.17, 15) is 9.59 Å². The maximum absolute atomic E-state index is 12.6. The van der Waals surface area contributed by atoms with Crippen molar-refractivity contribution in [3.8, 4) is 0 Å². The van der Waals surface area contributed by atoms with Crippen LogP contribution in [0.25, 0.3) is 0 Å². The number of hydrogen-bond acceptors (Lipinski definition) is 4. The largest absolute Gasteiger partial charge is 0.444 e. The van der Waals surface area contributed by atoms with Crippen molar-refractivity contribution < 1.29 is 14.3 Å². The van der Waals surface area contributed by atoms with Gasteiger partial charge in [-0.1, -0.05) is 13.8 Å². The Kier molecular flexibility index (Phi) is 8.16. The topological polar surface area (TPSA) is 69.6 Å². The van der Waals surface area contributed by atoms with Gasteiger partial charge < -0.3 is 14.0 Å². The van der Waals surface area contributed by atoms with Crippen molar-refractivity contribution in [2.75, 3.05) is 12.4 Å². The minimum atomic E-state index is -0.615. The van der Waals surface area contributed by atoms with Crippen LogP contribution < -0.4 is 10.9 Å². The molecule has 0 radical (unpaired) electrons. The van der Waals surface area contributed by atoms with E-state index in [1.807, 2.05) is 13.8 Å². The Morgan fingerprint density at radius 2 is 1.80 bits per heavy atom. The molecule has 0 bridgehead atoms. The SMILES string of the molecule is CC.COC1CCC(n2cccc(NC(=O)OC(C)(C)C)c2=O)CC1. The van der Waals surface area contributed by atoms with E-state index in [0.29, 0.717) is 0 Å². The normalized spacial score (nSPS) is 20.2. The smallest absolute Gasteiger partial charge is 0.412 e. The number of pyridine rings is 1. The van der Waals surface area contributed by atoms with Crippen molar-refractivity contribution in [1.82, 2.24) is 4.57 Å². The summed E-state index contributed by atoms with van der Waals surface area (Å²) in [5.41, 5.74) is -0.550. The Labute approximate surface area is 150 Å². The van der Waals surface area contributed by atoms with Gasteiger partial charge in [-0.15, -0.1) is 0 Å². The zero-order valence-electron chi connectivity index (χ0n) is 16.3. The van der Waals surface area contributed by atoms with Crippen LogP contribution in [0.15, 0.2) is 23.1 Å². The van der Waals surface area contributed by atoms with E-state index in [2.05, 4.69) is 5.32 Å². The number of nitrogens with zero attached hydrogens (tertiary/aromatic N) is 1. The molecule has 0 aromatic carbocycles. The Morgan fingerprint density at radius 1 is 1.20 bits per heavy atom. The Balaban J connectivity index is 0.00000151. The Bertz CT molecular complexity index is 596. The highest BCUT2D eigenvalue weighted by molar-refractivity contribution is 5.84. The van der Waals surface area contributed by atoms with Crippen LogP contribution in [0.1, 0.15) is 66.3 Å². The molecule has 6 heteroatoms. The van der Waals surface area contributed by atoms with E-state index >= 15 is 0 Å². The van der Waals surface area contributed by atoms with Crippen LogP contribution in [-0.4, -0.2) is 29.5 Å². The molecule has 1 fully saturated rings. The van der Waals surface area contributed by atoms with Crippen molar-refractivity contribution in [3.05, 3.63) is 28.7 Å². The zero-order chi connectivity index (χ0) is 19.0. The van der Waals surface area contributed by atoms with Crippen molar-refractivity contribution in [2.24, 2.45) is 0 Å². The molecule has 0 spiro atoms. The van der Waals surface area contributed by atoms with Gasteiger partial charge in [-0.25, -0.2) is 4.79 Å². The highest BCUT2D eigenvalue weighted by Crippen LogP contribution is 2.28. The summed E-state index contributed by atoms with van der Waals surface area (Å²) >= 11 is 0. The number of nitrogens with one attached hydrogen (secondary N) is 1. The van der Waals surface area contributed by atoms with Crippen LogP contribution in [0.2, 0.25) is 0 Å². The van der Waals surface area contributed by atoms with E-state index in [0.717, 1.165) is 25.7 Å². The molecule has 1 aromatic rings. The number of carbonyl (C=O) groups excluding carboxylic acids is 1. The summed E-state index contributed by atoms with van der Waals surface area (Å²) in [7, 11) is 1.72. The van der Waals surface area contributed by atoms with Crippen molar-refractivity contribution >= 4 is 11.8 Å². The molecule has 1 saturated carbocycles. The third kappa shape index (κ3) is 6.53. The molecule has 6 nitrogen and oxygen atoms in total. The lowest BCUT2D eigenvalue weighted by Gasteiger charge is -2.29. The predicted octanol–water partition coefficient (Wildman–Crippen LogP) is 4.35. The first-order chi connectivity index (χ1) is 11.8. The van der Waals surface area contributed by atoms with Gasteiger partial charge in [0.2, 0.25) is 0 Å². The summed E-state index contributed by atoms with van der Waals surface area (Å²) < 4.78 is 12.3. The first-order valence-electron chi connectivity index (χ1n) is 9.04. The summed E-state index contributed by atoms with van der Waals surface area (Å²) in [6, 6.07) is 3.52. The highest BCUT2D eigenvalue weighted by Gasteiger charge is 2.24. The van der Waals surface area contributed by atoms with Crippen molar-refractivity contribution in [3.63, 3.8) is 0 Å². The molecular weight excluding hydrogens is 320 g/mol. The standard InChI is InChI=1S/C17H26N2O4.C2H6/c1-17(2,3)23-16(21)18-14-6-5-11-19(15(14)20)12-7-9-13(22-4)10-8-12;1-2/h5-6,11-13H,7-10H2,1-4H3,(H,18,21);1-2H3. The number of aromatic nitrogens is 1. The molecule has 0 atom stereocenters. The van der Waals surface area contributed by atoms with Gasteiger partial charge in [0.25, 0.3) is 5.56 Å². The van der Waals surface area contributed by atoms with Gasteiger partial charge in [-0.05, 0) is 58.6 Å². The van der Waals surface area contributed by atoms with Crippen LogP contribution in [0.5, 0.6) is 0 Å². The molecule has 0 unspecified atom stereocenters. The van der Waals surface area contributed by atoms with Gasteiger partial charge in [-0.3, -0.25) is 10.1 Å². The summed E-state index contributed by atoms with van der Waals surface area (Å²) in [6.45, 7) is 9.35. The fraction of sp³-hybridized carbons (Fsp3) is 0.684. The fourth-order valence-electron chi connectivity index (χ4n) is 2.87. The second-order valence-electron chi connectivity index (χ2n) is 6.93. The maximum atomic E-state index is 12.6. The lowest BCUT2D eigenvalue weighted by Crippen LogP contribution is -2.33. The van der Waals surface area contributed by atoms with E-state index in [-0.39, 0.29) is 23.4 Å². The third-order valence-electron chi connectivity index (χ3n) is 3.98. The van der Waals surface area contributed by atoms with Crippen LogP contribution in [0.4, 0.5) is 10.5 Å². The first kappa shape index (κ1) is 21.2. The summed E-state index contributed by atoms with van der Waals surface area (Å²) in [5.74, 6) is 0. The Morgan fingerprint density at radius 3 is 2.32 bits per heavy atom. The second-order valence-corrected chi connectivity index (χ2v) is 6.93. The van der Waals surface area contributed by atoms with Crippen LogP contribution in [0, 0.1) is 0 Å². The molecule has 1 aliphatic rings. The Hall–Kier alpha value is -1.82. The molecule has 0 aliphatic heterocycles. The summed E-state index contributed by atoms with van der Waals surface area (Å²) in [6.07, 6.45) is 5.12. The van der Waals surface area contributed by atoms with E-state index in [1.165, 1.54) is 0 Å². The summed E-state index contributed by atoms with van der Waals surface area (Å²) in [4.78, 5) is 24.4. The monoisotopic (exact) mass is 352 g/mol. The van der Waals surface area contributed by atoms with E-state index in [1.54, 1.807) is 50.8 Å². The molecule has 2 rings (SSSR count). The number of amides is 1. The third-order valence-corrected chi connectivity index (χ3v) is 3.98. The van der Waals surface area contributed by atoms with Gasteiger partial charge in [0.05, 0.1) is 6.10 Å². The van der Waals surface area contributed by atoms with Crippen LogP contribution in [-0.2, 0) is 9.47 Å². The van der Waals surface area contributed by atoms with Crippen molar-refractivity contribution in [1.29, 1.82) is 0 Å². The molecule has 1 aliphatic carbocycles. The lowest BCUT2D eigenvalue weighted by molar-refractivity contribution is 0.0580. The molecule has 0 saturated heterocycles. The number of rotatable bonds is 3. The molecule has 25 heavy (non-hydrogen) atoms. The van der Waals surface area contributed by atoms with Gasteiger partial charge in [-0.2, -0.15) is 0 Å². The van der Waals surface area contributed by atoms with E-state index in [4.69, 9.17) is 9.47 Å². The number of carbonyl (C=O) groups is 1. The highest BCUT2D eigenvalue weighted by atomic mass is 16.6. The van der Waals surface area contributed by atoms with E-state index < -0.39 is 11.7 Å². The molecule has 1 amide bonds. The number of anilines is 1. The van der Waals surface area contributed by atoms with Gasteiger partial charge in [0.1, 0.15) is 11.3 Å². The average Bonchev–Trinajstić information content (AvgIpc) is 2.57. The number of methoxy groups -OCH3 is 1. The molecule has 1 heterocycles. The summed E-state index contributed by atoms with van der Waals surface area (Å²) in [5, 5.41) is 2.55. The first-order valence-corrected chi connectivity index (χ1v) is 9.04. The second kappa shape index (κ2) is 9.61. The zero-order valence-corrected chi connectivity index (χ0v) is 16.3. The molecule has 142 valence electrons. The minimum Gasteiger partial charge on any atom is -0.444 e. The van der Waals surface area contributed by atoms with Crippen molar-refractivity contribution in [2.45, 2.75) is 78.0 Å². The fourth-order valence-corrected chi connectivity index (χ4v) is 2.87. The number of ether oxygens (including phenoxy) is 2. The van der Waals surface area contributed by atoms with Crippen LogP contribution >= 0.6 is 0 Å². The quantitative estimate of drug-likeness (QED) is 0.878. The van der Waals surface area contributed by atoms with Gasteiger partial charge >= 0.3 is 6.09 Å². The molecular formula is C19H32N2O4. The van der Waals surface area contributed by atoms with Gasteiger partial charge in [0.15, 0.2) is 0 Å².